The maximum absolute atomic E-state index is 12.6. The van der Waals surface area contributed by atoms with Gasteiger partial charge in [-0.15, -0.1) is 0 Å². The van der Waals surface area contributed by atoms with Gasteiger partial charge in [-0.2, -0.15) is 5.10 Å². The van der Waals surface area contributed by atoms with Crippen LogP contribution in [0.2, 0.25) is 0 Å². The monoisotopic (exact) mass is 388 g/mol. The van der Waals surface area contributed by atoms with E-state index in [0.717, 1.165) is 17.0 Å². The number of amides is 1. The van der Waals surface area contributed by atoms with Crippen molar-refractivity contribution >= 4 is 18.0 Å². The first-order chi connectivity index (χ1) is 14.1. The molecule has 146 valence electrons. The Hall–Kier alpha value is -3.74. The maximum Gasteiger partial charge on any atom is 0.356 e. The first-order valence-corrected chi connectivity index (χ1v) is 9.35. The number of carbonyl (C=O) groups excluding carboxylic acids is 1. The molecule has 3 heterocycles. The summed E-state index contributed by atoms with van der Waals surface area (Å²) >= 11 is 0. The summed E-state index contributed by atoms with van der Waals surface area (Å²) in [5, 5.41) is 13.9. The molecule has 3 aromatic rings. The van der Waals surface area contributed by atoms with E-state index in [1.54, 1.807) is 21.9 Å². The standard InChI is InChI=1S/C22H20N4O3/c27-20(10-9-16-6-2-1-3-7-16)25-13-11-19-18(15-25)21(22(28)29)24-26(19)14-17-8-4-5-12-23-17/h1-10,12H,11,13-15H2,(H,28,29). The second-order valence-electron chi connectivity index (χ2n) is 6.81. The molecule has 0 aliphatic carbocycles. The van der Waals surface area contributed by atoms with Crippen molar-refractivity contribution in [1.29, 1.82) is 0 Å². The highest BCUT2D eigenvalue weighted by Crippen LogP contribution is 2.24. The minimum absolute atomic E-state index is 0.000435. The summed E-state index contributed by atoms with van der Waals surface area (Å²) in [6, 6.07) is 15.2. The van der Waals surface area contributed by atoms with Gasteiger partial charge in [0.15, 0.2) is 5.69 Å². The van der Waals surface area contributed by atoms with Crippen molar-refractivity contribution in [3.05, 3.63) is 89.0 Å². The van der Waals surface area contributed by atoms with Gasteiger partial charge in [0.05, 0.1) is 18.8 Å². The second kappa shape index (κ2) is 8.10. The second-order valence-corrected chi connectivity index (χ2v) is 6.81. The van der Waals surface area contributed by atoms with Crippen molar-refractivity contribution < 1.29 is 14.7 Å². The maximum atomic E-state index is 12.6. The predicted molar refractivity (Wildman–Crippen MR) is 107 cm³/mol. The predicted octanol–water partition coefficient (Wildman–Crippen LogP) is 2.62. The topological polar surface area (TPSA) is 88.3 Å². The fourth-order valence-corrected chi connectivity index (χ4v) is 3.46. The number of carboxylic acids is 1. The van der Waals surface area contributed by atoms with Crippen LogP contribution in [0.4, 0.5) is 0 Å². The minimum atomic E-state index is -1.09. The number of hydrogen-bond donors (Lipinski definition) is 1. The lowest BCUT2D eigenvalue weighted by Gasteiger charge is -2.26. The summed E-state index contributed by atoms with van der Waals surface area (Å²) in [4.78, 5) is 30.3. The van der Waals surface area contributed by atoms with Crippen molar-refractivity contribution in [3.8, 4) is 0 Å². The van der Waals surface area contributed by atoms with Gasteiger partial charge in [0.25, 0.3) is 0 Å². The molecule has 0 bridgehead atoms. The van der Waals surface area contributed by atoms with Gasteiger partial charge in [0.2, 0.25) is 5.91 Å². The average Bonchev–Trinajstić information content (AvgIpc) is 3.11. The van der Waals surface area contributed by atoms with E-state index in [0.29, 0.717) is 25.1 Å². The van der Waals surface area contributed by atoms with Crippen molar-refractivity contribution in [3.63, 3.8) is 0 Å². The summed E-state index contributed by atoms with van der Waals surface area (Å²) in [6.45, 7) is 1.15. The molecule has 7 heteroatoms. The Morgan fingerprint density at radius 2 is 1.90 bits per heavy atom. The fourth-order valence-electron chi connectivity index (χ4n) is 3.46. The molecule has 0 saturated heterocycles. The van der Waals surface area contributed by atoms with Crippen LogP contribution in [-0.2, 0) is 24.3 Å². The quantitative estimate of drug-likeness (QED) is 0.679. The smallest absolute Gasteiger partial charge is 0.356 e. The molecule has 1 amide bonds. The van der Waals surface area contributed by atoms with Crippen molar-refractivity contribution in [2.75, 3.05) is 6.54 Å². The molecule has 1 aliphatic heterocycles. The third kappa shape index (κ3) is 4.08. The number of carbonyl (C=O) groups is 2. The zero-order valence-electron chi connectivity index (χ0n) is 15.7. The number of fused-ring (bicyclic) bond motifs is 1. The van der Waals surface area contributed by atoms with E-state index in [4.69, 9.17) is 0 Å². The highest BCUT2D eigenvalue weighted by Gasteiger charge is 2.29. The van der Waals surface area contributed by atoms with E-state index in [9.17, 15) is 14.7 Å². The van der Waals surface area contributed by atoms with Gasteiger partial charge in [-0.1, -0.05) is 36.4 Å². The van der Waals surface area contributed by atoms with E-state index in [-0.39, 0.29) is 18.1 Å². The Kier molecular flexibility index (Phi) is 5.20. The SMILES string of the molecule is O=C(O)c1nn(Cc2ccccn2)c2c1CN(C(=O)C=Cc1ccccc1)CC2. The average molecular weight is 388 g/mol. The van der Waals surface area contributed by atoms with E-state index >= 15 is 0 Å². The summed E-state index contributed by atoms with van der Waals surface area (Å²) in [5.41, 5.74) is 3.19. The van der Waals surface area contributed by atoms with E-state index in [1.807, 2.05) is 48.5 Å². The minimum Gasteiger partial charge on any atom is -0.476 e. The highest BCUT2D eigenvalue weighted by molar-refractivity contribution is 5.92. The van der Waals surface area contributed by atoms with Crippen LogP contribution in [0, 0.1) is 0 Å². The summed E-state index contributed by atoms with van der Waals surface area (Å²) < 4.78 is 1.70. The van der Waals surface area contributed by atoms with E-state index in [1.165, 1.54) is 6.08 Å². The number of rotatable bonds is 5. The summed E-state index contributed by atoms with van der Waals surface area (Å²) in [7, 11) is 0. The van der Waals surface area contributed by atoms with Gasteiger partial charge < -0.3 is 10.0 Å². The van der Waals surface area contributed by atoms with Crippen LogP contribution in [0.5, 0.6) is 0 Å². The van der Waals surface area contributed by atoms with Crippen molar-refractivity contribution in [2.45, 2.75) is 19.5 Å². The Morgan fingerprint density at radius 3 is 2.62 bits per heavy atom. The zero-order chi connectivity index (χ0) is 20.2. The number of aromatic carboxylic acids is 1. The number of nitrogens with zero attached hydrogens (tertiary/aromatic N) is 4. The molecule has 29 heavy (non-hydrogen) atoms. The van der Waals surface area contributed by atoms with Crippen LogP contribution in [0.1, 0.15) is 33.0 Å². The molecule has 0 unspecified atom stereocenters. The van der Waals surface area contributed by atoms with Gasteiger partial charge >= 0.3 is 5.97 Å². The first kappa shape index (κ1) is 18.6. The lowest BCUT2D eigenvalue weighted by Crippen LogP contribution is -2.35. The van der Waals surface area contributed by atoms with Crippen LogP contribution in [0.3, 0.4) is 0 Å². The Balaban J connectivity index is 1.56. The lowest BCUT2D eigenvalue weighted by atomic mass is 10.0. The largest absolute Gasteiger partial charge is 0.476 e. The number of aromatic nitrogens is 3. The molecule has 1 N–H and O–H groups in total. The zero-order valence-corrected chi connectivity index (χ0v) is 15.7. The summed E-state index contributed by atoms with van der Waals surface area (Å²) in [6.07, 6.45) is 5.54. The molecule has 0 atom stereocenters. The molecule has 4 rings (SSSR count). The van der Waals surface area contributed by atoms with Crippen LogP contribution in [0.15, 0.2) is 60.8 Å². The molecule has 0 fully saturated rings. The van der Waals surface area contributed by atoms with Gasteiger partial charge in [0, 0.05) is 36.5 Å². The molecule has 1 aromatic carbocycles. The Morgan fingerprint density at radius 1 is 1.10 bits per heavy atom. The summed E-state index contributed by atoms with van der Waals surface area (Å²) in [5.74, 6) is -1.23. The third-order valence-electron chi connectivity index (χ3n) is 4.90. The van der Waals surface area contributed by atoms with E-state index < -0.39 is 5.97 Å². The van der Waals surface area contributed by atoms with Crippen LogP contribution < -0.4 is 0 Å². The van der Waals surface area contributed by atoms with Crippen LogP contribution >= 0.6 is 0 Å². The molecule has 1 aliphatic rings. The molecular formula is C22H20N4O3. The fraction of sp³-hybridized carbons (Fsp3) is 0.182. The molecule has 0 radical (unpaired) electrons. The molecule has 2 aromatic heterocycles. The van der Waals surface area contributed by atoms with Crippen molar-refractivity contribution in [2.24, 2.45) is 0 Å². The number of pyridine rings is 1. The van der Waals surface area contributed by atoms with Crippen LogP contribution in [0.25, 0.3) is 6.08 Å². The van der Waals surface area contributed by atoms with Crippen molar-refractivity contribution in [1.82, 2.24) is 19.7 Å². The first-order valence-electron chi connectivity index (χ1n) is 9.35. The molecule has 0 spiro atoms. The molecule has 0 saturated carbocycles. The number of carboxylic acid groups (broad SMARTS) is 1. The Labute approximate surface area is 167 Å². The van der Waals surface area contributed by atoms with Crippen LogP contribution in [-0.4, -0.2) is 43.2 Å². The Bertz CT molecular complexity index is 1060. The normalized spacial score (nSPS) is 13.4. The number of hydrogen-bond acceptors (Lipinski definition) is 4. The molecular weight excluding hydrogens is 368 g/mol. The highest BCUT2D eigenvalue weighted by atomic mass is 16.4. The van der Waals surface area contributed by atoms with Gasteiger partial charge in [0.1, 0.15) is 0 Å². The van der Waals surface area contributed by atoms with Gasteiger partial charge in [-0.05, 0) is 23.8 Å². The van der Waals surface area contributed by atoms with E-state index in [2.05, 4.69) is 10.1 Å². The lowest BCUT2D eigenvalue weighted by molar-refractivity contribution is -0.126. The molecule has 7 nitrogen and oxygen atoms in total. The van der Waals surface area contributed by atoms with Gasteiger partial charge in [-0.3, -0.25) is 14.5 Å². The number of benzene rings is 1. The van der Waals surface area contributed by atoms with Gasteiger partial charge in [-0.25, -0.2) is 4.79 Å². The third-order valence-corrected chi connectivity index (χ3v) is 4.90.